The topological polar surface area (TPSA) is 55.1 Å². The maximum absolute atomic E-state index is 10.8. The number of rotatable bonds is 3. The van der Waals surface area contributed by atoms with Crippen molar-refractivity contribution in [2.45, 2.75) is 6.54 Å². The number of hydrogen-bond acceptors (Lipinski definition) is 2. The molecule has 0 spiro atoms. The van der Waals surface area contributed by atoms with Gasteiger partial charge in [-0.1, -0.05) is 6.08 Å². The van der Waals surface area contributed by atoms with Crippen LogP contribution >= 0.6 is 0 Å². The van der Waals surface area contributed by atoms with Gasteiger partial charge in [0.05, 0.1) is 22.9 Å². The molecule has 76 valence electrons. The number of nitrogens with zero attached hydrogens (tertiary/aromatic N) is 2. The molecule has 4 nitrogen and oxygen atoms in total. The highest BCUT2D eigenvalue weighted by Crippen LogP contribution is 2.15. The van der Waals surface area contributed by atoms with Crippen molar-refractivity contribution in [1.82, 2.24) is 9.55 Å². The van der Waals surface area contributed by atoms with Crippen LogP contribution in [0.15, 0.2) is 37.2 Å². The maximum Gasteiger partial charge on any atom is 0.335 e. The molecule has 0 aliphatic carbocycles. The van der Waals surface area contributed by atoms with Crippen molar-refractivity contribution < 1.29 is 9.90 Å². The average Bonchev–Trinajstić information content (AvgIpc) is 2.61. The molecule has 1 aromatic heterocycles. The Kier molecular flexibility index (Phi) is 2.25. The third-order valence-electron chi connectivity index (χ3n) is 2.19. The SMILES string of the molecule is C=CCn1cnc2ccc(C(=O)O)cc21. The highest BCUT2D eigenvalue weighted by Gasteiger charge is 2.06. The van der Waals surface area contributed by atoms with E-state index >= 15 is 0 Å². The second-order valence-electron chi connectivity index (χ2n) is 3.19. The number of carboxylic acid groups (broad SMARTS) is 1. The minimum Gasteiger partial charge on any atom is -0.478 e. The molecule has 0 aliphatic heterocycles. The van der Waals surface area contributed by atoms with Crippen molar-refractivity contribution in [3.8, 4) is 0 Å². The van der Waals surface area contributed by atoms with Crippen LogP contribution in [-0.2, 0) is 6.54 Å². The Hall–Kier alpha value is -2.10. The molecule has 15 heavy (non-hydrogen) atoms. The normalized spacial score (nSPS) is 10.4. The van der Waals surface area contributed by atoms with Gasteiger partial charge in [0.15, 0.2) is 0 Å². The maximum atomic E-state index is 10.8. The molecule has 1 N–H and O–H groups in total. The van der Waals surface area contributed by atoms with Crippen LogP contribution in [0.25, 0.3) is 11.0 Å². The monoisotopic (exact) mass is 202 g/mol. The molecule has 2 rings (SSSR count). The number of carboxylic acids is 1. The Labute approximate surface area is 86.5 Å². The lowest BCUT2D eigenvalue weighted by atomic mass is 10.2. The van der Waals surface area contributed by atoms with Crippen LogP contribution in [0.1, 0.15) is 10.4 Å². The number of aromatic nitrogens is 2. The van der Waals surface area contributed by atoms with E-state index in [1.807, 2.05) is 4.57 Å². The van der Waals surface area contributed by atoms with Crippen molar-refractivity contribution in [1.29, 1.82) is 0 Å². The van der Waals surface area contributed by atoms with Gasteiger partial charge in [0.1, 0.15) is 0 Å². The van der Waals surface area contributed by atoms with Crippen LogP contribution in [0.4, 0.5) is 0 Å². The molecule has 0 saturated carbocycles. The van der Waals surface area contributed by atoms with Gasteiger partial charge in [0.25, 0.3) is 0 Å². The second kappa shape index (κ2) is 3.57. The van der Waals surface area contributed by atoms with Gasteiger partial charge in [-0.3, -0.25) is 0 Å². The largest absolute Gasteiger partial charge is 0.478 e. The van der Waals surface area contributed by atoms with Crippen LogP contribution in [0, 0.1) is 0 Å². The van der Waals surface area contributed by atoms with E-state index in [2.05, 4.69) is 11.6 Å². The van der Waals surface area contributed by atoms with Crippen LogP contribution in [0.5, 0.6) is 0 Å². The van der Waals surface area contributed by atoms with Gasteiger partial charge in [0.2, 0.25) is 0 Å². The Morgan fingerprint density at radius 3 is 3.07 bits per heavy atom. The zero-order valence-electron chi connectivity index (χ0n) is 8.05. The highest BCUT2D eigenvalue weighted by molar-refractivity contribution is 5.92. The number of imidazole rings is 1. The van der Waals surface area contributed by atoms with E-state index in [4.69, 9.17) is 5.11 Å². The van der Waals surface area contributed by atoms with Crippen LogP contribution < -0.4 is 0 Å². The van der Waals surface area contributed by atoms with E-state index in [0.717, 1.165) is 11.0 Å². The van der Waals surface area contributed by atoms with E-state index in [-0.39, 0.29) is 5.56 Å². The van der Waals surface area contributed by atoms with E-state index < -0.39 is 5.97 Å². The summed E-state index contributed by atoms with van der Waals surface area (Å²) in [4.78, 5) is 14.9. The van der Waals surface area contributed by atoms with Crippen molar-refractivity contribution in [2.24, 2.45) is 0 Å². The van der Waals surface area contributed by atoms with E-state index in [0.29, 0.717) is 6.54 Å². The molecule has 1 aromatic carbocycles. The first-order valence-corrected chi connectivity index (χ1v) is 4.51. The van der Waals surface area contributed by atoms with Crippen molar-refractivity contribution in [2.75, 3.05) is 0 Å². The minimum atomic E-state index is -0.928. The smallest absolute Gasteiger partial charge is 0.335 e. The van der Waals surface area contributed by atoms with E-state index in [1.54, 1.807) is 30.6 Å². The molecule has 0 aliphatic rings. The van der Waals surface area contributed by atoms with Crippen molar-refractivity contribution in [3.05, 3.63) is 42.7 Å². The minimum absolute atomic E-state index is 0.272. The van der Waals surface area contributed by atoms with Gasteiger partial charge in [-0.25, -0.2) is 9.78 Å². The molecule has 4 heteroatoms. The zero-order valence-corrected chi connectivity index (χ0v) is 8.05. The summed E-state index contributed by atoms with van der Waals surface area (Å²) in [6.45, 7) is 4.26. The molecule has 0 unspecified atom stereocenters. The lowest BCUT2D eigenvalue weighted by Crippen LogP contribution is -1.97. The van der Waals surface area contributed by atoms with Crippen molar-refractivity contribution in [3.63, 3.8) is 0 Å². The number of aromatic carboxylic acids is 1. The van der Waals surface area contributed by atoms with Gasteiger partial charge < -0.3 is 9.67 Å². The predicted molar refractivity (Wildman–Crippen MR) is 56.9 cm³/mol. The number of allylic oxidation sites excluding steroid dienone is 1. The molecule has 1 heterocycles. The van der Waals surface area contributed by atoms with Crippen LogP contribution in [0.2, 0.25) is 0 Å². The van der Waals surface area contributed by atoms with Crippen LogP contribution in [-0.4, -0.2) is 20.6 Å². The number of hydrogen-bond donors (Lipinski definition) is 1. The molecule has 2 aromatic rings. The number of carbonyl (C=O) groups is 1. The first-order valence-electron chi connectivity index (χ1n) is 4.51. The van der Waals surface area contributed by atoms with Gasteiger partial charge in [-0.15, -0.1) is 6.58 Å². The summed E-state index contributed by atoms with van der Waals surface area (Å²) >= 11 is 0. The summed E-state index contributed by atoms with van der Waals surface area (Å²) in [7, 11) is 0. The molecule has 0 radical (unpaired) electrons. The fourth-order valence-electron chi connectivity index (χ4n) is 1.47. The summed E-state index contributed by atoms with van der Waals surface area (Å²) in [6.07, 6.45) is 3.42. The first kappa shape index (κ1) is 9.45. The zero-order chi connectivity index (χ0) is 10.8. The third-order valence-corrected chi connectivity index (χ3v) is 2.19. The number of fused-ring (bicyclic) bond motifs is 1. The highest BCUT2D eigenvalue weighted by atomic mass is 16.4. The predicted octanol–water partition coefficient (Wildman–Crippen LogP) is 1.92. The Morgan fingerprint density at radius 1 is 1.60 bits per heavy atom. The summed E-state index contributed by atoms with van der Waals surface area (Å²) in [5.74, 6) is -0.928. The fraction of sp³-hybridized carbons (Fsp3) is 0.0909. The van der Waals surface area contributed by atoms with Crippen LogP contribution in [0.3, 0.4) is 0 Å². The van der Waals surface area contributed by atoms with Crippen molar-refractivity contribution >= 4 is 17.0 Å². The summed E-state index contributed by atoms with van der Waals surface area (Å²) < 4.78 is 1.86. The van der Waals surface area contributed by atoms with E-state index in [1.165, 1.54) is 0 Å². The Morgan fingerprint density at radius 2 is 2.40 bits per heavy atom. The van der Waals surface area contributed by atoms with Gasteiger partial charge >= 0.3 is 5.97 Å². The fourth-order valence-corrected chi connectivity index (χ4v) is 1.47. The number of benzene rings is 1. The van der Waals surface area contributed by atoms with E-state index in [9.17, 15) is 4.79 Å². The lowest BCUT2D eigenvalue weighted by Gasteiger charge is -2.00. The quantitative estimate of drug-likeness (QED) is 0.773. The molecule has 0 atom stereocenters. The molecular formula is C11H10N2O2. The summed E-state index contributed by atoms with van der Waals surface area (Å²) in [6, 6.07) is 4.88. The van der Waals surface area contributed by atoms with Gasteiger partial charge in [0, 0.05) is 6.54 Å². The lowest BCUT2D eigenvalue weighted by molar-refractivity contribution is 0.0697. The van der Waals surface area contributed by atoms with Gasteiger partial charge in [-0.05, 0) is 18.2 Å². The molecule has 0 amide bonds. The first-order chi connectivity index (χ1) is 7.22. The molecule has 0 bridgehead atoms. The Bertz CT molecular complexity index is 528. The third kappa shape index (κ3) is 1.61. The average molecular weight is 202 g/mol. The second-order valence-corrected chi connectivity index (χ2v) is 3.19. The molecular weight excluding hydrogens is 192 g/mol. The molecule has 0 fully saturated rings. The summed E-state index contributed by atoms with van der Waals surface area (Å²) in [5, 5.41) is 8.85. The standard InChI is InChI=1S/C11H10N2O2/c1-2-5-13-7-12-9-4-3-8(11(14)15)6-10(9)13/h2-4,6-7H,1,5H2,(H,14,15). The van der Waals surface area contributed by atoms with Gasteiger partial charge in [-0.2, -0.15) is 0 Å². The molecule has 0 saturated heterocycles. The summed E-state index contributed by atoms with van der Waals surface area (Å²) in [5.41, 5.74) is 1.88. The Balaban J connectivity index is 2.60.